The molecule has 1 aromatic rings. The van der Waals surface area contributed by atoms with Crippen molar-refractivity contribution in [2.24, 2.45) is 0 Å². The van der Waals surface area contributed by atoms with Gasteiger partial charge in [0.2, 0.25) is 5.91 Å². The van der Waals surface area contributed by atoms with Crippen molar-refractivity contribution in [2.75, 3.05) is 31.5 Å². The molecule has 1 aromatic carbocycles. The molecule has 0 unspecified atom stereocenters. The molecule has 4 nitrogen and oxygen atoms in total. The van der Waals surface area contributed by atoms with Gasteiger partial charge in [-0.3, -0.25) is 9.69 Å². The molecular formula is C13H17ClFN3O. The molecule has 1 heterocycles. The van der Waals surface area contributed by atoms with E-state index in [1.165, 1.54) is 18.2 Å². The second kappa shape index (κ2) is 6.32. The molecule has 0 aromatic heterocycles. The Morgan fingerprint density at radius 1 is 1.63 bits per heavy atom. The summed E-state index contributed by atoms with van der Waals surface area (Å²) in [5.41, 5.74) is 0.514. The molecule has 0 bridgehead atoms. The molecule has 6 heteroatoms. The van der Waals surface area contributed by atoms with Crippen molar-refractivity contribution in [1.82, 2.24) is 10.2 Å². The fourth-order valence-electron chi connectivity index (χ4n) is 2.13. The molecule has 1 fully saturated rings. The summed E-state index contributed by atoms with van der Waals surface area (Å²) in [6.07, 6.45) is 0. The standard InChI is InChI=1S/C13H17ClFN3O/c1-9-7-18(5-4-16-9)8-13(19)17-10-2-3-12(15)11(14)6-10/h2-3,6,9,16H,4-5,7-8H2,1H3,(H,17,19)/t9-/m1/s1. The number of hydrogen-bond donors (Lipinski definition) is 2. The van der Waals surface area contributed by atoms with Crippen LogP contribution in [-0.4, -0.2) is 43.0 Å². The van der Waals surface area contributed by atoms with Crippen molar-refractivity contribution in [3.63, 3.8) is 0 Å². The normalized spacial score (nSPS) is 20.3. The Labute approximate surface area is 116 Å². The van der Waals surface area contributed by atoms with Crippen LogP contribution in [0.25, 0.3) is 0 Å². The van der Waals surface area contributed by atoms with E-state index in [-0.39, 0.29) is 10.9 Å². The minimum absolute atomic E-state index is 0.00796. The summed E-state index contributed by atoms with van der Waals surface area (Å²) in [6.45, 7) is 5.00. The summed E-state index contributed by atoms with van der Waals surface area (Å²) >= 11 is 5.66. The van der Waals surface area contributed by atoms with Gasteiger partial charge in [-0.05, 0) is 25.1 Å². The molecule has 1 saturated heterocycles. The quantitative estimate of drug-likeness (QED) is 0.889. The number of nitrogens with zero attached hydrogens (tertiary/aromatic N) is 1. The third-order valence-corrected chi connectivity index (χ3v) is 3.31. The van der Waals surface area contributed by atoms with Gasteiger partial charge in [0.25, 0.3) is 0 Å². The fraction of sp³-hybridized carbons (Fsp3) is 0.462. The number of benzene rings is 1. The van der Waals surface area contributed by atoms with Crippen molar-refractivity contribution < 1.29 is 9.18 Å². The van der Waals surface area contributed by atoms with Crippen LogP contribution < -0.4 is 10.6 Å². The SMILES string of the molecule is C[C@@H]1CN(CC(=O)Nc2ccc(F)c(Cl)c2)CCN1. The maximum atomic E-state index is 13.0. The average Bonchev–Trinajstić information content (AvgIpc) is 2.34. The van der Waals surface area contributed by atoms with E-state index in [1.807, 2.05) is 0 Å². The molecule has 2 rings (SSSR count). The van der Waals surface area contributed by atoms with Crippen LogP contribution in [0.3, 0.4) is 0 Å². The summed E-state index contributed by atoms with van der Waals surface area (Å²) in [6, 6.07) is 4.54. The third kappa shape index (κ3) is 4.16. The number of rotatable bonds is 3. The first kappa shape index (κ1) is 14.2. The zero-order valence-corrected chi connectivity index (χ0v) is 11.5. The van der Waals surface area contributed by atoms with Gasteiger partial charge in [-0.15, -0.1) is 0 Å². The first-order valence-electron chi connectivity index (χ1n) is 6.25. The number of piperazine rings is 1. The van der Waals surface area contributed by atoms with Crippen molar-refractivity contribution >= 4 is 23.2 Å². The lowest BCUT2D eigenvalue weighted by atomic mass is 10.2. The van der Waals surface area contributed by atoms with Gasteiger partial charge in [0.05, 0.1) is 11.6 Å². The highest BCUT2D eigenvalue weighted by Crippen LogP contribution is 2.19. The van der Waals surface area contributed by atoms with Crippen LogP contribution in [0.1, 0.15) is 6.92 Å². The second-order valence-corrected chi connectivity index (χ2v) is 5.17. The molecule has 0 spiro atoms. The van der Waals surface area contributed by atoms with Crippen LogP contribution >= 0.6 is 11.6 Å². The van der Waals surface area contributed by atoms with Gasteiger partial charge in [0, 0.05) is 31.4 Å². The zero-order chi connectivity index (χ0) is 13.8. The van der Waals surface area contributed by atoms with Crippen LogP contribution in [0, 0.1) is 5.82 Å². The smallest absolute Gasteiger partial charge is 0.238 e. The monoisotopic (exact) mass is 285 g/mol. The summed E-state index contributed by atoms with van der Waals surface area (Å²) in [5.74, 6) is -0.604. The first-order chi connectivity index (χ1) is 9.04. The lowest BCUT2D eigenvalue weighted by molar-refractivity contribution is -0.117. The molecule has 104 valence electrons. The predicted octanol–water partition coefficient (Wildman–Crippen LogP) is 1.71. The maximum Gasteiger partial charge on any atom is 0.238 e. The van der Waals surface area contributed by atoms with Gasteiger partial charge in [-0.2, -0.15) is 0 Å². The molecule has 0 saturated carbocycles. The molecule has 1 amide bonds. The Morgan fingerprint density at radius 3 is 3.11 bits per heavy atom. The highest BCUT2D eigenvalue weighted by molar-refractivity contribution is 6.31. The number of carbonyl (C=O) groups excluding carboxylic acids is 1. The van der Waals surface area contributed by atoms with Gasteiger partial charge in [-0.1, -0.05) is 11.6 Å². The number of nitrogens with one attached hydrogen (secondary N) is 2. The van der Waals surface area contributed by atoms with Crippen LogP contribution in [-0.2, 0) is 4.79 Å². The number of halogens is 2. The van der Waals surface area contributed by atoms with Gasteiger partial charge < -0.3 is 10.6 Å². The number of amides is 1. The minimum Gasteiger partial charge on any atom is -0.325 e. The first-order valence-corrected chi connectivity index (χ1v) is 6.63. The summed E-state index contributed by atoms with van der Waals surface area (Å²) in [7, 11) is 0. The van der Waals surface area contributed by atoms with Gasteiger partial charge in [0.15, 0.2) is 0 Å². The molecule has 1 aliphatic rings. The average molecular weight is 286 g/mol. The zero-order valence-electron chi connectivity index (χ0n) is 10.7. The van der Waals surface area contributed by atoms with Crippen LogP contribution in [0.2, 0.25) is 5.02 Å². The van der Waals surface area contributed by atoms with Crippen molar-refractivity contribution in [2.45, 2.75) is 13.0 Å². The Kier molecular flexibility index (Phi) is 4.74. The van der Waals surface area contributed by atoms with E-state index in [0.717, 1.165) is 19.6 Å². The largest absolute Gasteiger partial charge is 0.325 e. The molecular weight excluding hydrogens is 269 g/mol. The molecule has 0 aliphatic carbocycles. The van der Waals surface area contributed by atoms with E-state index >= 15 is 0 Å². The number of hydrogen-bond acceptors (Lipinski definition) is 3. The molecule has 0 radical (unpaired) electrons. The lowest BCUT2D eigenvalue weighted by Gasteiger charge is -2.31. The van der Waals surface area contributed by atoms with Crippen LogP contribution in [0.5, 0.6) is 0 Å². The molecule has 19 heavy (non-hydrogen) atoms. The molecule has 1 atom stereocenters. The van der Waals surface area contributed by atoms with Crippen LogP contribution in [0.4, 0.5) is 10.1 Å². The lowest BCUT2D eigenvalue weighted by Crippen LogP contribution is -2.51. The maximum absolute atomic E-state index is 13.0. The summed E-state index contributed by atoms with van der Waals surface area (Å²) in [4.78, 5) is 14.0. The fourth-order valence-corrected chi connectivity index (χ4v) is 2.31. The molecule has 1 aliphatic heterocycles. The Balaban J connectivity index is 1.88. The third-order valence-electron chi connectivity index (χ3n) is 3.02. The van der Waals surface area contributed by atoms with Crippen molar-refractivity contribution in [3.05, 3.63) is 29.0 Å². The molecule has 2 N–H and O–H groups in total. The predicted molar refractivity (Wildman–Crippen MR) is 73.9 cm³/mol. The Bertz CT molecular complexity index is 469. The highest BCUT2D eigenvalue weighted by Gasteiger charge is 2.18. The van der Waals surface area contributed by atoms with Crippen LogP contribution in [0.15, 0.2) is 18.2 Å². The summed E-state index contributed by atoms with van der Waals surface area (Å²) < 4.78 is 13.0. The van der Waals surface area contributed by atoms with E-state index in [1.54, 1.807) is 0 Å². The van der Waals surface area contributed by atoms with Gasteiger partial charge >= 0.3 is 0 Å². The Hall–Kier alpha value is -1.17. The second-order valence-electron chi connectivity index (χ2n) is 4.77. The van der Waals surface area contributed by atoms with E-state index < -0.39 is 5.82 Å². The number of anilines is 1. The van der Waals surface area contributed by atoms with E-state index in [2.05, 4.69) is 22.5 Å². The highest BCUT2D eigenvalue weighted by atomic mass is 35.5. The van der Waals surface area contributed by atoms with E-state index in [0.29, 0.717) is 18.3 Å². The van der Waals surface area contributed by atoms with E-state index in [9.17, 15) is 9.18 Å². The minimum atomic E-state index is -0.490. The van der Waals surface area contributed by atoms with Gasteiger partial charge in [0.1, 0.15) is 5.82 Å². The Morgan fingerprint density at radius 2 is 2.42 bits per heavy atom. The topological polar surface area (TPSA) is 44.4 Å². The number of carbonyl (C=O) groups is 1. The van der Waals surface area contributed by atoms with Gasteiger partial charge in [-0.25, -0.2) is 4.39 Å². The van der Waals surface area contributed by atoms with E-state index in [4.69, 9.17) is 11.6 Å². The van der Waals surface area contributed by atoms with Crippen molar-refractivity contribution in [1.29, 1.82) is 0 Å². The summed E-state index contributed by atoms with van der Waals surface area (Å²) in [5, 5.41) is 6.04. The van der Waals surface area contributed by atoms with Crippen molar-refractivity contribution in [3.8, 4) is 0 Å².